The van der Waals surface area contributed by atoms with Crippen molar-refractivity contribution in [1.82, 2.24) is 0 Å². The highest BCUT2D eigenvalue weighted by atomic mass is 35.5. The largest absolute Gasteiger partial charge is 0.375 e. The van der Waals surface area contributed by atoms with E-state index in [-0.39, 0.29) is 6.54 Å². The molecular formula is C15H13ClF2N2O. The normalized spacial score (nSPS) is 10.3. The van der Waals surface area contributed by atoms with Gasteiger partial charge in [-0.2, -0.15) is 0 Å². The van der Waals surface area contributed by atoms with E-state index in [1.165, 1.54) is 6.07 Å². The standard InChI is InChI=1S/C15H13ClF2N2O/c1-9-5-6-13(10(16)7-9)19-8-14(21)20-15-11(17)3-2-4-12(15)18/h2-7,19H,8H2,1H3,(H,20,21). The van der Waals surface area contributed by atoms with Gasteiger partial charge in [0.15, 0.2) is 0 Å². The number of amides is 1. The van der Waals surface area contributed by atoms with Crippen molar-refractivity contribution >= 4 is 28.9 Å². The number of carbonyl (C=O) groups excluding carboxylic acids is 1. The molecule has 1 amide bonds. The van der Waals surface area contributed by atoms with Crippen LogP contribution in [0.1, 0.15) is 5.56 Å². The Morgan fingerprint density at radius 1 is 1.19 bits per heavy atom. The van der Waals surface area contributed by atoms with E-state index >= 15 is 0 Å². The number of hydrogen-bond acceptors (Lipinski definition) is 2. The van der Waals surface area contributed by atoms with E-state index in [0.29, 0.717) is 10.7 Å². The molecule has 110 valence electrons. The van der Waals surface area contributed by atoms with E-state index in [0.717, 1.165) is 17.7 Å². The number of hydrogen-bond donors (Lipinski definition) is 2. The summed E-state index contributed by atoms with van der Waals surface area (Å²) >= 11 is 6.01. The van der Waals surface area contributed by atoms with Gasteiger partial charge in [-0.15, -0.1) is 0 Å². The summed E-state index contributed by atoms with van der Waals surface area (Å²) in [6.45, 7) is 1.74. The van der Waals surface area contributed by atoms with Crippen molar-refractivity contribution in [3.8, 4) is 0 Å². The first kappa shape index (κ1) is 15.3. The van der Waals surface area contributed by atoms with E-state index in [1.807, 2.05) is 13.0 Å². The zero-order valence-corrected chi connectivity index (χ0v) is 12.0. The fourth-order valence-corrected chi connectivity index (χ4v) is 2.04. The summed E-state index contributed by atoms with van der Waals surface area (Å²) in [5, 5.41) is 5.47. The van der Waals surface area contributed by atoms with Gasteiger partial charge in [0, 0.05) is 0 Å². The van der Waals surface area contributed by atoms with Gasteiger partial charge in [0.05, 0.1) is 17.3 Å². The van der Waals surface area contributed by atoms with Crippen LogP contribution in [0.4, 0.5) is 20.2 Å². The van der Waals surface area contributed by atoms with Crippen LogP contribution >= 0.6 is 11.6 Å². The lowest BCUT2D eigenvalue weighted by Gasteiger charge is -2.10. The molecule has 2 aromatic rings. The maximum Gasteiger partial charge on any atom is 0.243 e. The van der Waals surface area contributed by atoms with Crippen molar-refractivity contribution in [2.45, 2.75) is 6.92 Å². The van der Waals surface area contributed by atoms with Crippen LogP contribution in [0, 0.1) is 18.6 Å². The highest BCUT2D eigenvalue weighted by Crippen LogP contribution is 2.22. The minimum atomic E-state index is -0.822. The summed E-state index contributed by atoms with van der Waals surface area (Å²) in [7, 11) is 0. The van der Waals surface area contributed by atoms with Gasteiger partial charge in [0.25, 0.3) is 0 Å². The molecule has 21 heavy (non-hydrogen) atoms. The quantitative estimate of drug-likeness (QED) is 0.897. The molecule has 0 aliphatic rings. The molecule has 0 heterocycles. The molecular weight excluding hydrogens is 298 g/mol. The molecule has 0 fully saturated rings. The third-order valence-corrected chi connectivity index (χ3v) is 3.10. The van der Waals surface area contributed by atoms with Gasteiger partial charge in [-0.05, 0) is 36.8 Å². The minimum Gasteiger partial charge on any atom is -0.375 e. The van der Waals surface area contributed by atoms with Gasteiger partial charge in [0.1, 0.15) is 17.3 Å². The zero-order chi connectivity index (χ0) is 15.4. The third-order valence-electron chi connectivity index (χ3n) is 2.79. The first-order valence-electron chi connectivity index (χ1n) is 6.21. The van der Waals surface area contributed by atoms with Crippen LogP contribution in [0.5, 0.6) is 0 Å². The lowest BCUT2D eigenvalue weighted by molar-refractivity contribution is -0.114. The molecule has 0 atom stereocenters. The van der Waals surface area contributed by atoms with Crippen molar-refractivity contribution in [2.24, 2.45) is 0 Å². The number of aryl methyl sites for hydroxylation is 1. The van der Waals surface area contributed by atoms with Gasteiger partial charge in [-0.1, -0.05) is 23.7 Å². The molecule has 3 nitrogen and oxygen atoms in total. The van der Waals surface area contributed by atoms with Crippen LogP contribution < -0.4 is 10.6 Å². The summed E-state index contributed by atoms with van der Waals surface area (Å²) in [5.74, 6) is -2.22. The number of carbonyl (C=O) groups is 1. The number of para-hydroxylation sites is 1. The Balaban J connectivity index is 1.99. The number of nitrogens with one attached hydrogen (secondary N) is 2. The van der Waals surface area contributed by atoms with Crippen molar-refractivity contribution in [1.29, 1.82) is 0 Å². The van der Waals surface area contributed by atoms with Gasteiger partial charge in [-0.25, -0.2) is 8.78 Å². The van der Waals surface area contributed by atoms with Crippen LogP contribution in [0.15, 0.2) is 36.4 Å². The fourth-order valence-electron chi connectivity index (χ4n) is 1.74. The van der Waals surface area contributed by atoms with Crippen molar-refractivity contribution in [2.75, 3.05) is 17.2 Å². The Labute approximate surface area is 125 Å². The molecule has 2 rings (SSSR count). The molecule has 2 N–H and O–H groups in total. The molecule has 6 heteroatoms. The number of rotatable bonds is 4. The van der Waals surface area contributed by atoms with Crippen LogP contribution in [0.25, 0.3) is 0 Å². The number of halogens is 3. The summed E-state index contributed by atoms with van der Waals surface area (Å²) in [6.07, 6.45) is 0. The molecule has 0 saturated carbocycles. The number of benzene rings is 2. The van der Waals surface area contributed by atoms with E-state index in [2.05, 4.69) is 10.6 Å². The average molecular weight is 311 g/mol. The molecule has 0 unspecified atom stereocenters. The molecule has 0 radical (unpaired) electrons. The maximum absolute atomic E-state index is 13.4. The van der Waals surface area contributed by atoms with Crippen LogP contribution in [-0.4, -0.2) is 12.5 Å². The van der Waals surface area contributed by atoms with Crippen molar-refractivity contribution < 1.29 is 13.6 Å². The highest BCUT2D eigenvalue weighted by Gasteiger charge is 2.12. The summed E-state index contributed by atoms with van der Waals surface area (Å²) in [4.78, 5) is 11.7. The van der Waals surface area contributed by atoms with Crippen LogP contribution in [-0.2, 0) is 4.79 Å². The Morgan fingerprint density at radius 3 is 2.48 bits per heavy atom. The van der Waals surface area contributed by atoms with Gasteiger partial charge >= 0.3 is 0 Å². The Kier molecular flexibility index (Phi) is 4.75. The predicted octanol–water partition coefficient (Wildman–Crippen LogP) is 3.98. The lowest BCUT2D eigenvalue weighted by atomic mass is 10.2. The molecule has 0 aliphatic carbocycles. The van der Waals surface area contributed by atoms with Gasteiger partial charge < -0.3 is 10.6 Å². The van der Waals surface area contributed by atoms with Crippen LogP contribution in [0.3, 0.4) is 0 Å². The highest BCUT2D eigenvalue weighted by molar-refractivity contribution is 6.33. The van der Waals surface area contributed by atoms with E-state index in [1.54, 1.807) is 12.1 Å². The molecule has 0 saturated heterocycles. The monoisotopic (exact) mass is 310 g/mol. The lowest BCUT2D eigenvalue weighted by Crippen LogP contribution is -2.23. The van der Waals surface area contributed by atoms with Crippen LogP contribution in [0.2, 0.25) is 5.02 Å². The SMILES string of the molecule is Cc1ccc(NCC(=O)Nc2c(F)cccc2F)c(Cl)c1. The van der Waals surface area contributed by atoms with E-state index in [9.17, 15) is 13.6 Å². The van der Waals surface area contributed by atoms with Gasteiger partial charge in [0.2, 0.25) is 5.91 Å². The second-order valence-electron chi connectivity index (χ2n) is 4.48. The fraction of sp³-hybridized carbons (Fsp3) is 0.133. The molecule has 2 aromatic carbocycles. The molecule has 0 aromatic heterocycles. The number of anilines is 2. The van der Waals surface area contributed by atoms with Gasteiger partial charge in [-0.3, -0.25) is 4.79 Å². The maximum atomic E-state index is 13.4. The molecule has 0 bridgehead atoms. The topological polar surface area (TPSA) is 41.1 Å². The average Bonchev–Trinajstić information content (AvgIpc) is 2.42. The first-order chi connectivity index (χ1) is 9.97. The van der Waals surface area contributed by atoms with E-state index in [4.69, 9.17) is 11.6 Å². The Bertz CT molecular complexity index is 656. The van der Waals surface area contributed by atoms with E-state index < -0.39 is 23.2 Å². The molecule has 0 aliphatic heterocycles. The first-order valence-corrected chi connectivity index (χ1v) is 6.59. The summed E-state index contributed by atoms with van der Waals surface area (Å²) in [6, 6.07) is 8.69. The predicted molar refractivity (Wildman–Crippen MR) is 79.7 cm³/mol. The smallest absolute Gasteiger partial charge is 0.243 e. The Hall–Kier alpha value is -2.14. The summed E-state index contributed by atoms with van der Waals surface area (Å²) < 4.78 is 26.8. The second-order valence-corrected chi connectivity index (χ2v) is 4.89. The minimum absolute atomic E-state index is 0.156. The zero-order valence-electron chi connectivity index (χ0n) is 11.2. The van der Waals surface area contributed by atoms with Crippen molar-refractivity contribution in [3.63, 3.8) is 0 Å². The van der Waals surface area contributed by atoms with Crippen molar-refractivity contribution in [3.05, 3.63) is 58.6 Å². The summed E-state index contributed by atoms with van der Waals surface area (Å²) in [5.41, 5.74) is 1.11. The second kappa shape index (κ2) is 6.54. The third kappa shape index (κ3) is 3.92. The molecule has 0 spiro atoms. The Morgan fingerprint density at radius 2 is 1.86 bits per heavy atom.